The van der Waals surface area contributed by atoms with E-state index in [1.54, 1.807) is 62.1 Å². The summed E-state index contributed by atoms with van der Waals surface area (Å²) >= 11 is 6.85. The van der Waals surface area contributed by atoms with Gasteiger partial charge in [0.2, 0.25) is 17.7 Å². The molecule has 0 radical (unpaired) electrons. The quantitative estimate of drug-likeness (QED) is 0.136. The zero-order valence-corrected chi connectivity index (χ0v) is 33.4. The number of likely N-dealkylation sites (tertiary alicyclic amines) is 1. The summed E-state index contributed by atoms with van der Waals surface area (Å²) in [5.41, 5.74) is -0.847. The van der Waals surface area contributed by atoms with E-state index in [-0.39, 0.29) is 19.4 Å². The molecule has 0 spiro atoms. The van der Waals surface area contributed by atoms with Crippen LogP contribution in [0.2, 0.25) is 5.02 Å². The maximum atomic E-state index is 14.5. The van der Waals surface area contributed by atoms with E-state index in [0.29, 0.717) is 47.6 Å². The average Bonchev–Trinajstić information content (AvgIpc) is 3.90. The number of carbonyl (C=O) groups is 5. The predicted octanol–water partition coefficient (Wildman–Crippen LogP) is 6.85. The van der Waals surface area contributed by atoms with Crippen LogP contribution in [0.3, 0.4) is 0 Å². The molecule has 3 aromatic carbocycles. The van der Waals surface area contributed by atoms with Crippen molar-refractivity contribution in [2.24, 2.45) is 5.92 Å². The number of hydrogen-bond acceptors (Lipinski definition) is 6. The van der Waals surface area contributed by atoms with Gasteiger partial charge in [0.25, 0.3) is 0 Å². The minimum atomic E-state index is -5.22. The number of nitrogens with zero attached hydrogens (tertiary/aromatic N) is 2. The van der Waals surface area contributed by atoms with Crippen molar-refractivity contribution in [1.82, 2.24) is 20.4 Å². The maximum absolute atomic E-state index is 14.5. The Morgan fingerprint density at radius 2 is 1.44 bits per heavy atom. The molecule has 2 N–H and O–H groups in total. The van der Waals surface area contributed by atoms with Crippen LogP contribution in [0, 0.1) is 12.8 Å². The average molecular weight is 811 g/mol. The summed E-state index contributed by atoms with van der Waals surface area (Å²) in [5, 5.41) is 5.02. The van der Waals surface area contributed by atoms with Crippen molar-refractivity contribution < 1.29 is 41.9 Å². The molecule has 1 unspecified atom stereocenters. The number of esters is 1. The molecule has 0 bridgehead atoms. The zero-order valence-electron chi connectivity index (χ0n) is 32.7. The molecule has 5 rings (SSSR count). The number of carbonyl (C=O) groups excluding carboxylic acids is 5. The number of likely N-dealkylation sites (N-methyl/N-ethyl adjacent to an activating group) is 1. The zero-order chi connectivity index (χ0) is 41.5. The van der Waals surface area contributed by atoms with Crippen LogP contribution in [0.25, 0.3) is 0 Å². The molecule has 306 valence electrons. The van der Waals surface area contributed by atoms with Gasteiger partial charge >= 0.3 is 18.1 Å². The van der Waals surface area contributed by atoms with Crippen LogP contribution >= 0.6 is 11.6 Å². The second kappa shape index (κ2) is 18.1. The first-order chi connectivity index (χ1) is 27.0. The van der Waals surface area contributed by atoms with Gasteiger partial charge in [-0.2, -0.15) is 13.2 Å². The summed E-state index contributed by atoms with van der Waals surface area (Å²) in [6, 6.07) is 20.8. The molecule has 1 heterocycles. The van der Waals surface area contributed by atoms with E-state index in [4.69, 9.17) is 16.3 Å². The number of ether oxygens (including phenoxy) is 1. The monoisotopic (exact) mass is 810 g/mol. The number of hydrogen-bond donors (Lipinski definition) is 2. The minimum absolute atomic E-state index is 0.0337. The second-order valence-corrected chi connectivity index (χ2v) is 15.6. The molecule has 10 nitrogen and oxygen atoms in total. The van der Waals surface area contributed by atoms with Crippen LogP contribution < -0.4 is 10.6 Å². The number of amides is 4. The first-order valence-corrected chi connectivity index (χ1v) is 19.8. The highest BCUT2D eigenvalue weighted by molar-refractivity contribution is 6.31. The highest BCUT2D eigenvalue weighted by Crippen LogP contribution is 2.44. The molecule has 0 aromatic heterocycles. The molecular weight excluding hydrogens is 761 g/mol. The lowest BCUT2D eigenvalue weighted by Crippen LogP contribution is -2.65. The number of halogens is 4. The SMILES string of the molecule is CCN(C(=O)C1(NC(=O)C(F)(F)F)CCCC1)[C@H](C(=O)N[C@@H](CC(=O)OC(c1ccccc1)(c1ccc(C)cc1)c1ccccc1Cl)C(=O)N1CCCC1)C(C)C. The molecule has 1 aliphatic carbocycles. The van der Waals surface area contributed by atoms with Gasteiger partial charge in [-0.15, -0.1) is 0 Å². The molecule has 1 saturated heterocycles. The molecule has 1 saturated carbocycles. The van der Waals surface area contributed by atoms with Gasteiger partial charge in [0.15, 0.2) is 5.60 Å². The van der Waals surface area contributed by atoms with Gasteiger partial charge in [0.1, 0.15) is 17.6 Å². The largest absolute Gasteiger partial charge is 0.471 e. The van der Waals surface area contributed by atoms with Gasteiger partial charge in [0, 0.05) is 41.3 Å². The van der Waals surface area contributed by atoms with Crippen molar-refractivity contribution in [3.05, 3.63) is 106 Å². The lowest BCUT2D eigenvalue weighted by atomic mass is 9.79. The molecule has 3 aromatic rings. The van der Waals surface area contributed by atoms with E-state index < -0.39 is 71.3 Å². The Bertz CT molecular complexity index is 1910. The highest BCUT2D eigenvalue weighted by atomic mass is 35.5. The van der Waals surface area contributed by atoms with Gasteiger partial charge in [-0.1, -0.05) is 117 Å². The Kier molecular flexibility index (Phi) is 13.7. The van der Waals surface area contributed by atoms with Gasteiger partial charge in [-0.05, 0) is 51.5 Å². The smallest absolute Gasteiger partial charge is 0.444 e. The van der Waals surface area contributed by atoms with E-state index in [1.165, 1.54) is 0 Å². The van der Waals surface area contributed by atoms with Crippen LogP contribution in [0.1, 0.15) is 88.0 Å². The second-order valence-electron chi connectivity index (χ2n) is 15.2. The van der Waals surface area contributed by atoms with Crippen molar-refractivity contribution in [3.8, 4) is 0 Å². The van der Waals surface area contributed by atoms with Crippen molar-refractivity contribution in [2.75, 3.05) is 19.6 Å². The molecule has 3 atom stereocenters. The van der Waals surface area contributed by atoms with Crippen molar-refractivity contribution in [3.63, 3.8) is 0 Å². The van der Waals surface area contributed by atoms with Crippen LogP contribution in [-0.2, 0) is 34.3 Å². The molecule has 57 heavy (non-hydrogen) atoms. The van der Waals surface area contributed by atoms with Crippen molar-refractivity contribution in [1.29, 1.82) is 0 Å². The molecular formula is C43H50ClF3N4O6. The fraction of sp³-hybridized carbons (Fsp3) is 0.465. The summed E-state index contributed by atoms with van der Waals surface area (Å²) in [5.74, 6) is -5.77. The minimum Gasteiger partial charge on any atom is -0.444 e. The number of rotatable bonds is 14. The van der Waals surface area contributed by atoms with Crippen LogP contribution in [0.4, 0.5) is 13.2 Å². The van der Waals surface area contributed by atoms with Crippen LogP contribution in [-0.4, -0.2) is 82.8 Å². The third kappa shape index (κ3) is 9.46. The molecule has 14 heteroatoms. The van der Waals surface area contributed by atoms with E-state index in [0.717, 1.165) is 23.3 Å². The number of nitrogens with one attached hydrogen (secondary N) is 2. The summed E-state index contributed by atoms with van der Waals surface area (Å²) in [6.45, 7) is 7.58. The first kappa shape index (κ1) is 43.2. The standard InChI is InChI=1S/C43H50ClF3N4O6/c1-5-51(40(56)41(23-11-12-24-41)49-39(55)43(45,46)47)36(28(2)3)37(53)48-34(38(54)50-25-13-14-26-50)27-35(52)57-42(30-15-7-6-8-16-30,31-21-19-29(4)20-22-31)32-17-9-10-18-33(32)44/h6-10,15-22,28,34,36H,5,11-14,23-27H2,1-4H3,(H,48,53)(H,49,55)/t34-,36-,42?/m0/s1. The lowest BCUT2D eigenvalue weighted by Gasteiger charge is -2.40. The normalized spacial score (nSPS) is 17.3. The van der Waals surface area contributed by atoms with E-state index >= 15 is 0 Å². The fourth-order valence-corrected chi connectivity index (χ4v) is 8.33. The van der Waals surface area contributed by atoms with E-state index in [1.807, 2.05) is 54.7 Å². The molecule has 1 aliphatic heterocycles. The summed E-state index contributed by atoms with van der Waals surface area (Å²) in [4.78, 5) is 72.2. The summed E-state index contributed by atoms with van der Waals surface area (Å²) in [6.07, 6.45) is -3.63. The van der Waals surface area contributed by atoms with E-state index in [9.17, 15) is 37.1 Å². The Hall–Kier alpha value is -4.91. The van der Waals surface area contributed by atoms with Gasteiger partial charge < -0.3 is 25.2 Å². The maximum Gasteiger partial charge on any atom is 0.471 e. The lowest BCUT2D eigenvalue weighted by molar-refractivity contribution is -0.177. The van der Waals surface area contributed by atoms with Crippen molar-refractivity contribution in [2.45, 2.75) is 102 Å². The van der Waals surface area contributed by atoms with Gasteiger partial charge in [0.05, 0.1) is 6.42 Å². The Morgan fingerprint density at radius 3 is 2.00 bits per heavy atom. The summed E-state index contributed by atoms with van der Waals surface area (Å²) in [7, 11) is 0. The third-order valence-electron chi connectivity index (χ3n) is 10.9. The van der Waals surface area contributed by atoms with Crippen LogP contribution in [0.5, 0.6) is 0 Å². The van der Waals surface area contributed by atoms with Crippen molar-refractivity contribution >= 4 is 41.2 Å². The number of benzene rings is 3. The number of aryl methyl sites for hydroxylation is 1. The first-order valence-electron chi connectivity index (χ1n) is 19.4. The Labute approximate surface area is 336 Å². The van der Waals surface area contributed by atoms with Gasteiger partial charge in [-0.25, -0.2) is 0 Å². The van der Waals surface area contributed by atoms with E-state index in [2.05, 4.69) is 5.32 Å². The van der Waals surface area contributed by atoms with Gasteiger partial charge in [-0.3, -0.25) is 24.0 Å². The molecule has 2 aliphatic rings. The molecule has 2 fully saturated rings. The fourth-order valence-electron chi connectivity index (χ4n) is 8.06. The number of alkyl halides is 3. The predicted molar refractivity (Wildman–Crippen MR) is 209 cm³/mol. The molecule has 4 amide bonds. The Morgan fingerprint density at radius 1 is 0.860 bits per heavy atom. The topological polar surface area (TPSA) is 125 Å². The summed E-state index contributed by atoms with van der Waals surface area (Å²) < 4.78 is 46.9. The Balaban J connectivity index is 1.51. The highest BCUT2D eigenvalue weighted by Gasteiger charge is 2.52. The van der Waals surface area contributed by atoms with Crippen LogP contribution in [0.15, 0.2) is 78.9 Å². The third-order valence-corrected chi connectivity index (χ3v) is 11.2.